The van der Waals surface area contributed by atoms with Crippen LogP contribution in [0.25, 0.3) is 0 Å². The number of pyridine rings is 1. The first kappa shape index (κ1) is 18.0. The maximum atomic E-state index is 8.87. The van der Waals surface area contributed by atoms with Crippen LogP contribution in [0.15, 0.2) is 36.5 Å². The van der Waals surface area contributed by atoms with Gasteiger partial charge in [-0.3, -0.25) is 0 Å². The summed E-state index contributed by atoms with van der Waals surface area (Å²) in [6, 6.07) is 12.2. The smallest absolute Gasteiger partial charge is 0.128 e. The number of benzene rings is 1. The molecule has 136 valence electrons. The highest BCUT2D eigenvalue weighted by Gasteiger charge is 2.20. The molecule has 1 aliphatic rings. The van der Waals surface area contributed by atoms with E-state index in [2.05, 4.69) is 21.3 Å². The van der Waals surface area contributed by atoms with Crippen LogP contribution in [0.1, 0.15) is 24.0 Å². The van der Waals surface area contributed by atoms with E-state index in [9.17, 15) is 0 Å². The number of rotatable bonds is 6. The first-order chi connectivity index (χ1) is 12.7. The van der Waals surface area contributed by atoms with Crippen LogP contribution in [0.2, 0.25) is 0 Å². The molecule has 0 aliphatic carbocycles. The van der Waals surface area contributed by atoms with Gasteiger partial charge >= 0.3 is 0 Å². The number of nitrogens with zero attached hydrogens (tertiary/aromatic N) is 3. The zero-order chi connectivity index (χ0) is 18.4. The molecule has 0 radical (unpaired) electrons. The Labute approximate surface area is 154 Å². The van der Waals surface area contributed by atoms with E-state index in [-0.39, 0.29) is 0 Å². The van der Waals surface area contributed by atoms with E-state index in [4.69, 9.17) is 14.7 Å². The van der Waals surface area contributed by atoms with E-state index < -0.39 is 0 Å². The molecule has 0 atom stereocenters. The third-order valence-electron chi connectivity index (χ3n) is 4.77. The maximum absolute atomic E-state index is 8.87. The van der Waals surface area contributed by atoms with Crippen LogP contribution in [0.4, 0.5) is 5.82 Å². The Morgan fingerprint density at radius 2 is 2.00 bits per heavy atom. The van der Waals surface area contributed by atoms with Crippen LogP contribution >= 0.6 is 0 Å². The minimum absolute atomic E-state index is 0.469. The van der Waals surface area contributed by atoms with Crippen molar-refractivity contribution in [3.8, 4) is 17.6 Å². The third-order valence-corrected chi connectivity index (χ3v) is 4.77. The van der Waals surface area contributed by atoms with Crippen molar-refractivity contribution < 1.29 is 9.47 Å². The molecule has 1 aromatic heterocycles. The van der Waals surface area contributed by atoms with Crippen LogP contribution in [-0.4, -0.2) is 38.3 Å². The average Bonchev–Trinajstić information content (AvgIpc) is 2.72. The van der Waals surface area contributed by atoms with Crippen molar-refractivity contribution in [2.45, 2.75) is 25.4 Å². The Morgan fingerprint density at radius 3 is 2.62 bits per heavy atom. The molecule has 0 spiro atoms. The number of anilines is 1. The molecule has 6 nitrogen and oxygen atoms in total. The second kappa shape index (κ2) is 8.54. The van der Waals surface area contributed by atoms with Crippen LogP contribution in [0, 0.1) is 11.3 Å². The van der Waals surface area contributed by atoms with Gasteiger partial charge < -0.3 is 19.7 Å². The summed E-state index contributed by atoms with van der Waals surface area (Å²) in [5.74, 6) is 2.59. The minimum Gasteiger partial charge on any atom is -0.497 e. The lowest BCUT2D eigenvalue weighted by Gasteiger charge is -2.33. The standard InChI is InChI=1S/C20H24N4O2/c1-25-18-5-4-16(19(11-18)26-2)14-22-17-7-9-24(10-8-17)20-6-3-15(12-21)13-23-20/h3-6,11,13,17,22H,7-10,14H2,1-2H3. The molecule has 6 heteroatoms. The molecule has 1 N–H and O–H groups in total. The maximum Gasteiger partial charge on any atom is 0.128 e. The predicted octanol–water partition coefficient (Wildman–Crippen LogP) is 2.73. The van der Waals surface area contributed by atoms with Crippen molar-refractivity contribution in [3.63, 3.8) is 0 Å². The van der Waals surface area contributed by atoms with Gasteiger partial charge in [0.05, 0.1) is 19.8 Å². The molecule has 0 bridgehead atoms. The van der Waals surface area contributed by atoms with Gasteiger partial charge in [-0.2, -0.15) is 5.26 Å². The zero-order valence-corrected chi connectivity index (χ0v) is 15.2. The highest BCUT2D eigenvalue weighted by atomic mass is 16.5. The summed E-state index contributed by atoms with van der Waals surface area (Å²) in [6.45, 7) is 2.68. The number of nitrogens with one attached hydrogen (secondary N) is 1. The Kier molecular flexibility index (Phi) is 5.92. The molecule has 1 saturated heterocycles. The van der Waals surface area contributed by atoms with Gasteiger partial charge in [-0.05, 0) is 31.0 Å². The Hall–Kier alpha value is -2.78. The third kappa shape index (κ3) is 4.24. The Balaban J connectivity index is 1.52. The van der Waals surface area contributed by atoms with E-state index in [0.717, 1.165) is 55.4 Å². The van der Waals surface area contributed by atoms with Gasteiger partial charge in [-0.25, -0.2) is 4.98 Å². The summed E-state index contributed by atoms with van der Waals surface area (Å²) >= 11 is 0. The monoisotopic (exact) mass is 352 g/mol. The number of hydrogen-bond donors (Lipinski definition) is 1. The molecular weight excluding hydrogens is 328 g/mol. The first-order valence-corrected chi connectivity index (χ1v) is 8.79. The number of ether oxygens (including phenoxy) is 2. The highest BCUT2D eigenvalue weighted by molar-refractivity contribution is 5.42. The van der Waals surface area contributed by atoms with Gasteiger partial charge in [0.1, 0.15) is 23.4 Å². The molecule has 3 rings (SSSR count). The molecule has 0 saturated carbocycles. The van der Waals surface area contributed by atoms with Crippen LogP contribution in [0.5, 0.6) is 11.5 Å². The summed E-state index contributed by atoms with van der Waals surface area (Å²) in [6.07, 6.45) is 3.75. The van der Waals surface area contributed by atoms with Crippen molar-refractivity contribution in [1.29, 1.82) is 5.26 Å². The quantitative estimate of drug-likeness (QED) is 0.862. The molecule has 26 heavy (non-hydrogen) atoms. The minimum atomic E-state index is 0.469. The number of nitriles is 1. The lowest BCUT2D eigenvalue weighted by Crippen LogP contribution is -2.42. The Bertz CT molecular complexity index is 762. The van der Waals surface area contributed by atoms with Gasteiger partial charge in [0.25, 0.3) is 0 Å². The van der Waals surface area contributed by atoms with Crippen LogP contribution in [-0.2, 0) is 6.54 Å². The lowest BCUT2D eigenvalue weighted by molar-refractivity contribution is 0.381. The van der Waals surface area contributed by atoms with Gasteiger partial charge in [-0.15, -0.1) is 0 Å². The molecule has 1 aliphatic heterocycles. The van der Waals surface area contributed by atoms with E-state index in [1.54, 1.807) is 20.4 Å². The van der Waals surface area contributed by atoms with E-state index in [1.165, 1.54) is 0 Å². The van der Waals surface area contributed by atoms with Gasteiger partial charge in [0, 0.05) is 43.5 Å². The fourth-order valence-corrected chi connectivity index (χ4v) is 3.20. The van der Waals surface area contributed by atoms with Crippen molar-refractivity contribution in [2.24, 2.45) is 0 Å². The average molecular weight is 352 g/mol. The lowest BCUT2D eigenvalue weighted by atomic mass is 10.0. The summed E-state index contributed by atoms with van der Waals surface area (Å²) in [5.41, 5.74) is 1.73. The molecule has 2 aromatic rings. The molecule has 0 unspecified atom stereocenters. The number of piperidine rings is 1. The van der Waals surface area contributed by atoms with Gasteiger partial charge in [0.2, 0.25) is 0 Å². The van der Waals surface area contributed by atoms with Crippen LogP contribution in [0.3, 0.4) is 0 Å². The number of hydrogen-bond acceptors (Lipinski definition) is 6. The van der Waals surface area contributed by atoms with Gasteiger partial charge in [-0.1, -0.05) is 6.07 Å². The van der Waals surface area contributed by atoms with E-state index >= 15 is 0 Å². The van der Waals surface area contributed by atoms with Crippen molar-refractivity contribution in [2.75, 3.05) is 32.2 Å². The summed E-state index contributed by atoms with van der Waals surface area (Å²) in [7, 11) is 3.34. The van der Waals surface area contributed by atoms with Gasteiger partial charge in [0.15, 0.2) is 0 Å². The Morgan fingerprint density at radius 1 is 1.19 bits per heavy atom. The molecular formula is C20H24N4O2. The second-order valence-electron chi connectivity index (χ2n) is 6.34. The van der Waals surface area contributed by atoms with E-state index in [0.29, 0.717) is 11.6 Å². The highest BCUT2D eigenvalue weighted by Crippen LogP contribution is 2.25. The molecule has 0 amide bonds. The van der Waals surface area contributed by atoms with Crippen molar-refractivity contribution in [1.82, 2.24) is 10.3 Å². The molecule has 2 heterocycles. The fraction of sp³-hybridized carbons (Fsp3) is 0.400. The predicted molar refractivity (Wildman–Crippen MR) is 101 cm³/mol. The summed E-state index contributed by atoms with van der Waals surface area (Å²) in [5, 5.41) is 12.5. The van der Waals surface area contributed by atoms with Crippen molar-refractivity contribution >= 4 is 5.82 Å². The molecule has 1 aromatic carbocycles. The second-order valence-corrected chi connectivity index (χ2v) is 6.34. The van der Waals surface area contributed by atoms with E-state index in [1.807, 2.05) is 30.3 Å². The zero-order valence-electron chi connectivity index (χ0n) is 15.2. The summed E-state index contributed by atoms with van der Waals surface area (Å²) < 4.78 is 10.7. The van der Waals surface area contributed by atoms with Crippen LogP contribution < -0.4 is 19.7 Å². The number of aromatic nitrogens is 1. The van der Waals surface area contributed by atoms with Crippen molar-refractivity contribution in [3.05, 3.63) is 47.7 Å². The normalized spacial score (nSPS) is 14.7. The summed E-state index contributed by atoms with van der Waals surface area (Å²) in [4.78, 5) is 6.66. The largest absolute Gasteiger partial charge is 0.497 e. The fourth-order valence-electron chi connectivity index (χ4n) is 3.20. The SMILES string of the molecule is COc1ccc(CNC2CCN(c3ccc(C#N)cn3)CC2)c(OC)c1. The number of methoxy groups -OCH3 is 2. The topological polar surface area (TPSA) is 70.4 Å². The first-order valence-electron chi connectivity index (χ1n) is 8.79. The molecule has 1 fully saturated rings.